The Bertz CT molecular complexity index is 1590. The fourth-order valence-electron chi connectivity index (χ4n) is 5.94. The van der Waals surface area contributed by atoms with Gasteiger partial charge < -0.3 is 5.32 Å². The lowest BCUT2D eigenvalue weighted by atomic mass is 9.67. The zero-order chi connectivity index (χ0) is 26.5. The van der Waals surface area contributed by atoms with Crippen molar-refractivity contribution in [3.63, 3.8) is 0 Å². The van der Waals surface area contributed by atoms with Gasteiger partial charge in [0.2, 0.25) is 0 Å². The third kappa shape index (κ3) is 4.43. The molecule has 0 heterocycles. The SMILES string of the molecule is C=CC=C1/C(=C\CNc2ccc(-c3ccccc3)cc2)C(c2ccccc2)(c2ccccc2)c2ccccc21. The van der Waals surface area contributed by atoms with Gasteiger partial charge in [0.05, 0.1) is 5.41 Å². The molecule has 0 aliphatic heterocycles. The molecule has 0 spiro atoms. The van der Waals surface area contributed by atoms with Crippen molar-refractivity contribution in [3.05, 3.63) is 192 Å². The Hall–Kier alpha value is -4.88. The van der Waals surface area contributed by atoms with Crippen molar-refractivity contribution >= 4 is 11.3 Å². The molecule has 0 amide bonds. The summed E-state index contributed by atoms with van der Waals surface area (Å²) in [6, 6.07) is 49.7. The number of allylic oxidation sites excluding steroid dienone is 4. The van der Waals surface area contributed by atoms with E-state index in [0.29, 0.717) is 6.54 Å². The predicted octanol–water partition coefficient (Wildman–Crippen LogP) is 9.31. The fourth-order valence-corrected chi connectivity index (χ4v) is 5.94. The van der Waals surface area contributed by atoms with Gasteiger partial charge in [-0.25, -0.2) is 0 Å². The van der Waals surface area contributed by atoms with Gasteiger partial charge in [-0.3, -0.25) is 0 Å². The molecular formula is C38H31N. The number of benzene rings is 5. The van der Waals surface area contributed by atoms with Crippen molar-refractivity contribution in [2.75, 3.05) is 11.9 Å². The summed E-state index contributed by atoms with van der Waals surface area (Å²) in [6.07, 6.45) is 6.43. The van der Waals surface area contributed by atoms with Crippen molar-refractivity contribution in [2.24, 2.45) is 0 Å². The highest BCUT2D eigenvalue weighted by Gasteiger charge is 2.47. The lowest BCUT2D eigenvalue weighted by Crippen LogP contribution is -2.29. The van der Waals surface area contributed by atoms with Crippen LogP contribution in [0.5, 0.6) is 0 Å². The van der Waals surface area contributed by atoms with Crippen LogP contribution in [-0.2, 0) is 5.41 Å². The van der Waals surface area contributed by atoms with E-state index in [1.165, 1.54) is 44.5 Å². The minimum absolute atomic E-state index is 0.424. The maximum atomic E-state index is 4.07. The van der Waals surface area contributed by atoms with E-state index in [4.69, 9.17) is 0 Å². The monoisotopic (exact) mass is 501 g/mol. The molecule has 0 bridgehead atoms. The van der Waals surface area contributed by atoms with Gasteiger partial charge >= 0.3 is 0 Å². The third-order valence-corrected chi connectivity index (χ3v) is 7.62. The number of rotatable bonds is 7. The van der Waals surface area contributed by atoms with Crippen LogP contribution in [0.1, 0.15) is 22.3 Å². The van der Waals surface area contributed by atoms with Crippen molar-refractivity contribution < 1.29 is 0 Å². The van der Waals surface area contributed by atoms with Crippen LogP contribution in [0, 0.1) is 0 Å². The highest BCUT2D eigenvalue weighted by atomic mass is 14.9. The molecular weight excluding hydrogens is 470 g/mol. The maximum absolute atomic E-state index is 4.07. The molecule has 0 atom stereocenters. The first-order chi connectivity index (χ1) is 19.3. The van der Waals surface area contributed by atoms with E-state index in [1.807, 2.05) is 12.1 Å². The number of nitrogens with one attached hydrogen (secondary N) is 1. The van der Waals surface area contributed by atoms with Crippen molar-refractivity contribution in [3.8, 4) is 11.1 Å². The van der Waals surface area contributed by atoms with Gasteiger partial charge in [0.1, 0.15) is 0 Å². The number of hydrogen-bond donors (Lipinski definition) is 1. The Morgan fingerprint density at radius 1 is 0.590 bits per heavy atom. The molecule has 1 aliphatic rings. The molecule has 6 rings (SSSR count). The summed E-state index contributed by atoms with van der Waals surface area (Å²) >= 11 is 0. The van der Waals surface area contributed by atoms with Gasteiger partial charge in [0, 0.05) is 12.2 Å². The molecule has 39 heavy (non-hydrogen) atoms. The van der Waals surface area contributed by atoms with Crippen LogP contribution in [0.25, 0.3) is 16.7 Å². The zero-order valence-electron chi connectivity index (χ0n) is 21.9. The number of anilines is 1. The molecule has 0 unspecified atom stereocenters. The molecule has 1 aliphatic carbocycles. The summed E-state index contributed by atoms with van der Waals surface area (Å²) < 4.78 is 0. The topological polar surface area (TPSA) is 12.0 Å². The first-order valence-corrected chi connectivity index (χ1v) is 13.5. The molecule has 5 aromatic rings. The van der Waals surface area contributed by atoms with E-state index in [0.717, 1.165) is 5.69 Å². The summed E-state index contributed by atoms with van der Waals surface area (Å²) in [5.74, 6) is 0. The molecule has 0 aromatic heterocycles. The Balaban J connectivity index is 1.44. The largest absolute Gasteiger partial charge is 0.382 e. The quantitative estimate of drug-likeness (QED) is 0.234. The minimum atomic E-state index is -0.424. The van der Waals surface area contributed by atoms with Crippen LogP contribution in [-0.4, -0.2) is 6.54 Å². The summed E-state index contributed by atoms with van der Waals surface area (Å²) in [4.78, 5) is 0. The number of hydrogen-bond acceptors (Lipinski definition) is 1. The normalized spacial score (nSPS) is 15.7. The van der Waals surface area contributed by atoms with E-state index in [1.54, 1.807) is 0 Å². The van der Waals surface area contributed by atoms with Crippen LogP contribution in [0.2, 0.25) is 0 Å². The van der Waals surface area contributed by atoms with E-state index in [9.17, 15) is 0 Å². The van der Waals surface area contributed by atoms with E-state index >= 15 is 0 Å². The second-order valence-corrected chi connectivity index (χ2v) is 9.79. The summed E-state index contributed by atoms with van der Waals surface area (Å²) in [5.41, 5.74) is 10.7. The Labute approximate surface area is 231 Å². The first kappa shape index (κ1) is 24.5. The molecule has 1 nitrogen and oxygen atoms in total. The second kappa shape index (κ2) is 10.8. The van der Waals surface area contributed by atoms with Crippen LogP contribution >= 0.6 is 0 Å². The van der Waals surface area contributed by atoms with Crippen LogP contribution in [0.3, 0.4) is 0 Å². The summed E-state index contributed by atoms with van der Waals surface area (Å²) in [7, 11) is 0. The van der Waals surface area contributed by atoms with Gasteiger partial charge in [0.25, 0.3) is 0 Å². The number of fused-ring (bicyclic) bond motifs is 1. The molecule has 0 saturated heterocycles. The van der Waals surface area contributed by atoms with E-state index in [-0.39, 0.29) is 0 Å². The Morgan fingerprint density at radius 2 is 1.13 bits per heavy atom. The minimum Gasteiger partial charge on any atom is -0.382 e. The van der Waals surface area contributed by atoms with Gasteiger partial charge in [-0.1, -0.05) is 152 Å². The van der Waals surface area contributed by atoms with Gasteiger partial charge in [-0.05, 0) is 56.7 Å². The van der Waals surface area contributed by atoms with E-state index in [2.05, 4.69) is 158 Å². The third-order valence-electron chi connectivity index (χ3n) is 7.62. The van der Waals surface area contributed by atoms with Crippen molar-refractivity contribution in [1.29, 1.82) is 0 Å². The maximum Gasteiger partial charge on any atom is 0.0711 e. The molecule has 0 saturated carbocycles. The lowest BCUT2D eigenvalue weighted by Gasteiger charge is -2.34. The molecule has 0 radical (unpaired) electrons. The highest BCUT2D eigenvalue weighted by Crippen LogP contribution is 2.57. The molecule has 188 valence electrons. The Morgan fingerprint density at radius 3 is 1.74 bits per heavy atom. The van der Waals surface area contributed by atoms with Crippen LogP contribution in [0.4, 0.5) is 5.69 Å². The van der Waals surface area contributed by atoms with Crippen LogP contribution < -0.4 is 5.32 Å². The van der Waals surface area contributed by atoms with E-state index < -0.39 is 5.41 Å². The van der Waals surface area contributed by atoms with Gasteiger partial charge in [-0.15, -0.1) is 0 Å². The van der Waals surface area contributed by atoms with Crippen molar-refractivity contribution in [1.82, 2.24) is 0 Å². The van der Waals surface area contributed by atoms with Crippen LogP contribution in [0.15, 0.2) is 170 Å². The fraction of sp³-hybridized carbons (Fsp3) is 0.0526. The average Bonchev–Trinajstić information content (AvgIpc) is 3.29. The highest BCUT2D eigenvalue weighted by molar-refractivity contribution is 5.94. The van der Waals surface area contributed by atoms with Crippen molar-refractivity contribution in [2.45, 2.75) is 5.41 Å². The molecule has 5 aromatic carbocycles. The summed E-state index contributed by atoms with van der Waals surface area (Å²) in [6.45, 7) is 4.76. The first-order valence-electron chi connectivity index (χ1n) is 13.5. The lowest BCUT2D eigenvalue weighted by molar-refractivity contribution is 0.766. The standard InChI is InChI=1S/C38H31N/c1-2-14-34-35-21-12-13-22-36(35)38(31-17-8-4-9-18-31,32-19-10-5-11-20-32)37(34)27-28-39-33-25-23-30(24-26-33)29-15-6-3-7-16-29/h2-27,39H,1,28H2/b34-14?,37-27+. The molecule has 1 N–H and O–H groups in total. The molecule has 0 fully saturated rings. The average molecular weight is 502 g/mol. The summed E-state index contributed by atoms with van der Waals surface area (Å²) in [5, 5.41) is 3.65. The smallest absolute Gasteiger partial charge is 0.0711 e. The zero-order valence-corrected chi connectivity index (χ0v) is 21.9. The second-order valence-electron chi connectivity index (χ2n) is 9.79. The Kier molecular flexibility index (Phi) is 6.80. The molecule has 1 heteroatoms. The predicted molar refractivity (Wildman–Crippen MR) is 166 cm³/mol. The van der Waals surface area contributed by atoms with Gasteiger partial charge in [-0.2, -0.15) is 0 Å². The van der Waals surface area contributed by atoms with Gasteiger partial charge in [0.15, 0.2) is 0 Å².